The number of hydrogen-bond donors (Lipinski definition) is 1. The van der Waals surface area contributed by atoms with E-state index in [1.54, 1.807) is 0 Å². The second kappa shape index (κ2) is 9.73. The van der Waals surface area contributed by atoms with Gasteiger partial charge in [0.2, 0.25) is 5.91 Å². The normalized spacial score (nSPS) is 24.3. The molecule has 7 nitrogen and oxygen atoms in total. The third-order valence-corrected chi connectivity index (χ3v) is 5.84. The van der Waals surface area contributed by atoms with Crippen LogP contribution < -0.4 is 5.32 Å². The van der Waals surface area contributed by atoms with Gasteiger partial charge in [-0.05, 0) is 19.8 Å². The highest BCUT2D eigenvalue weighted by Gasteiger charge is 2.33. The van der Waals surface area contributed by atoms with Crippen LogP contribution in [0, 0.1) is 5.41 Å². The van der Waals surface area contributed by atoms with Gasteiger partial charge in [0.1, 0.15) is 0 Å². The first-order valence-corrected chi connectivity index (χ1v) is 10.7. The quantitative estimate of drug-likeness (QED) is 0.571. The number of carbonyl (C=O) groups excluding carboxylic acids is 1. The van der Waals surface area contributed by atoms with Gasteiger partial charge in [-0.2, -0.15) is 0 Å². The molecule has 0 aromatic rings. The van der Waals surface area contributed by atoms with Crippen LogP contribution in [-0.2, 0) is 9.53 Å². The minimum Gasteiger partial charge on any atom is -0.380 e. The van der Waals surface area contributed by atoms with Gasteiger partial charge >= 0.3 is 0 Å². The van der Waals surface area contributed by atoms with Gasteiger partial charge < -0.3 is 19.9 Å². The van der Waals surface area contributed by atoms with E-state index in [2.05, 4.69) is 33.9 Å². The molecule has 3 rings (SSSR count). The number of amides is 1. The third-order valence-electron chi connectivity index (χ3n) is 5.84. The molecule has 0 unspecified atom stereocenters. The number of nitrogens with zero attached hydrogens (tertiary/aromatic N) is 4. The van der Waals surface area contributed by atoms with E-state index >= 15 is 0 Å². The summed E-state index contributed by atoms with van der Waals surface area (Å²) in [5.74, 6) is 1.31. The maximum atomic E-state index is 12.6. The van der Waals surface area contributed by atoms with Crippen molar-refractivity contribution < 1.29 is 9.53 Å². The summed E-state index contributed by atoms with van der Waals surface area (Å²) in [6.07, 6.45) is 4.85. The van der Waals surface area contributed by atoms with Gasteiger partial charge in [-0.3, -0.25) is 14.7 Å². The van der Waals surface area contributed by atoms with Crippen LogP contribution in [0.4, 0.5) is 0 Å². The summed E-state index contributed by atoms with van der Waals surface area (Å²) in [6.45, 7) is 13.8. The van der Waals surface area contributed by atoms with E-state index < -0.39 is 0 Å². The van der Waals surface area contributed by atoms with Crippen LogP contribution in [0.25, 0.3) is 0 Å². The first-order chi connectivity index (χ1) is 13.1. The van der Waals surface area contributed by atoms with Crippen molar-refractivity contribution in [2.24, 2.45) is 10.4 Å². The zero-order chi connectivity index (χ0) is 19.1. The molecule has 0 radical (unpaired) electrons. The average molecular weight is 380 g/mol. The van der Waals surface area contributed by atoms with E-state index in [1.165, 1.54) is 12.8 Å². The number of ether oxygens (including phenoxy) is 1. The molecule has 1 N–H and O–H groups in total. The molecular weight excluding hydrogens is 342 g/mol. The maximum absolute atomic E-state index is 12.6. The molecule has 154 valence electrons. The summed E-state index contributed by atoms with van der Waals surface area (Å²) in [5, 5.41) is 3.43. The van der Waals surface area contributed by atoms with Crippen LogP contribution >= 0.6 is 0 Å². The topological polar surface area (TPSA) is 60.4 Å². The van der Waals surface area contributed by atoms with Crippen molar-refractivity contribution in [1.29, 1.82) is 0 Å². The number of guanidine groups is 1. The lowest BCUT2D eigenvalue weighted by atomic mass is 9.89. The minimum atomic E-state index is 0.196. The SMILES string of the molecule is CCNC(=NCC1(C)COC1)N1CCN(CC(=O)N2CCCCCC2)CC1. The highest BCUT2D eigenvalue weighted by atomic mass is 16.5. The number of carbonyl (C=O) groups is 1. The molecule has 27 heavy (non-hydrogen) atoms. The van der Waals surface area contributed by atoms with Gasteiger partial charge in [-0.15, -0.1) is 0 Å². The molecule has 1 amide bonds. The molecule has 3 aliphatic heterocycles. The Morgan fingerprint density at radius 3 is 2.22 bits per heavy atom. The summed E-state index contributed by atoms with van der Waals surface area (Å²) < 4.78 is 5.34. The van der Waals surface area contributed by atoms with Crippen molar-refractivity contribution in [2.45, 2.75) is 39.5 Å². The third kappa shape index (κ3) is 5.82. The molecule has 3 saturated heterocycles. The van der Waals surface area contributed by atoms with E-state index in [1.807, 2.05) is 0 Å². The predicted molar refractivity (Wildman–Crippen MR) is 108 cm³/mol. The molecule has 0 saturated carbocycles. The Balaban J connectivity index is 1.46. The fraction of sp³-hybridized carbons (Fsp3) is 0.900. The molecule has 3 fully saturated rings. The first kappa shape index (κ1) is 20.4. The molecule has 0 aromatic carbocycles. The molecule has 0 atom stereocenters. The predicted octanol–water partition coefficient (Wildman–Crippen LogP) is 1.01. The highest BCUT2D eigenvalue weighted by Crippen LogP contribution is 2.26. The van der Waals surface area contributed by atoms with Crippen LogP contribution in [-0.4, -0.2) is 98.7 Å². The van der Waals surface area contributed by atoms with Gasteiger partial charge in [0.15, 0.2) is 5.96 Å². The Morgan fingerprint density at radius 2 is 1.67 bits per heavy atom. The van der Waals surface area contributed by atoms with E-state index in [-0.39, 0.29) is 5.41 Å². The monoisotopic (exact) mass is 379 g/mol. The van der Waals surface area contributed by atoms with Crippen LogP contribution in [0.2, 0.25) is 0 Å². The summed E-state index contributed by atoms with van der Waals surface area (Å²) in [4.78, 5) is 24.2. The van der Waals surface area contributed by atoms with Crippen molar-refractivity contribution in [2.75, 3.05) is 72.1 Å². The van der Waals surface area contributed by atoms with E-state index in [0.29, 0.717) is 12.5 Å². The lowest BCUT2D eigenvalue weighted by Crippen LogP contribution is -2.54. The Labute approximate surface area is 164 Å². The number of hydrogen-bond acceptors (Lipinski definition) is 4. The molecule has 0 aromatic heterocycles. The van der Waals surface area contributed by atoms with E-state index in [4.69, 9.17) is 9.73 Å². The van der Waals surface area contributed by atoms with Crippen molar-refractivity contribution in [3.8, 4) is 0 Å². The summed E-state index contributed by atoms with van der Waals surface area (Å²) in [5.41, 5.74) is 0.196. The van der Waals surface area contributed by atoms with Crippen molar-refractivity contribution >= 4 is 11.9 Å². The Morgan fingerprint density at radius 1 is 1.00 bits per heavy atom. The van der Waals surface area contributed by atoms with Crippen molar-refractivity contribution in [1.82, 2.24) is 20.0 Å². The lowest BCUT2D eigenvalue weighted by Gasteiger charge is -2.39. The Bertz CT molecular complexity index is 505. The van der Waals surface area contributed by atoms with Crippen LogP contribution in [0.5, 0.6) is 0 Å². The molecule has 3 aliphatic rings. The standard InChI is InChI=1S/C20H37N5O2/c1-3-21-19(22-15-20(2)16-27-17-20)25-12-10-23(11-13-25)14-18(26)24-8-6-4-5-7-9-24/h3-17H2,1-2H3,(H,21,22). The number of piperazine rings is 1. The Kier molecular flexibility index (Phi) is 7.35. The number of aliphatic imine (C=N–C) groups is 1. The molecule has 3 heterocycles. The zero-order valence-electron chi connectivity index (χ0n) is 17.2. The minimum absolute atomic E-state index is 0.196. The van der Waals surface area contributed by atoms with Crippen LogP contribution in [0.1, 0.15) is 39.5 Å². The first-order valence-electron chi connectivity index (χ1n) is 10.7. The molecule has 7 heteroatoms. The zero-order valence-corrected chi connectivity index (χ0v) is 17.2. The van der Waals surface area contributed by atoms with Gasteiger partial charge in [0.25, 0.3) is 0 Å². The maximum Gasteiger partial charge on any atom is 0.236 e. The Hall–Kier alpha value is -1.34. The second-order valence-corrected chi connectivity index (χ2v) is 8.53. The lowest BCUT2D eigenvalue weighted by molar-refractivity contribution is -0.132. The fourth-order valence-corrected chi connectivity index (χ4v) is 3.96. The van der Waals surface area contributed by atoms with Crippen LogP contribution in [0.3, 0.4) is 0 Å². The van der Waals surface area contributed by atoms with Crippen LogP contribution in [0.15, 0.2) is 4.99 Å². The summed E-state index contributed by atoms with van der Waals surface area (Å²) in [7, 11) is 0. The van der Waals surface area contributed by atoms with Crippen molar-refractivity contribution in [3.05, 3.63) is 0 Å². The molecule has 0 bridgehead atoms. The van der Waals surface area contributed by atoms with Crippen molar-refractivity contribution in [3.63, 3.8) is 0 Å². The number of nitrogens with one attached hydrogen (secondary N) is 1. The summed E-state index contributed by atoms with van der Waals surface area (Å²) >= 11 is 0. The second-order valence-electron chi connectivity index (χ2n) is 8.53. The average Bonchev–Trinajstić information content (AvgIpc) is 2.94. The fourth-order valence-electron chi connectivity index (χ4n) is 3.96. The number of likely N-dealkylation sites (tertiary alicyclic amines) is 1. The smallest absolute Gasteiger partial charge is 0.236 e. The van der Waals surface area contributed by atoms with E-state index in [0.717, 1.165) is 84.4 Å². The van der Waals surface area contributed by atoms with Gasteiger partial charge in [-0.1, -0.05) is 19.8 Å². The van der Waals surface area contributed by atoms with Gasteiger partial charge in [0, 0.05) is 51.2 Å². The van der Waals surface area contributed by atoms with E-state index in [9.17, 15) is 4.79 Å². The molecular formula is C20H37N5O2. The largest absolute Gasteiger partial charge is 0.380 e. The molecule has 0 aliphatic carbocycles. The molecule has 0 spiro atoms. The van der Waals surface area contributed by atoms with Gasteiger partial charge in [0.05, 0.1) is 26.3 Å². The van der Waals surface area contributed by atoms with Gasteiger partial charge in [-0.25, -0.2) is 0 Å². The number of rotatable bonds is 5. The highest BCUT2D eigenvalue weighted by molar-refractivity contribution is 5.80. The summed E-state index contributed by atoms with van der Waals surface area (Å²) in [6, 6.07) is 0.